The summed E-state index contributed by atoms with van der Waals surface area (Å²) in [5, 5.41) is 5.81. The molecule has 1 aromatic carbocycles. The van der Waals surface area contributed by atoms with Crippen molar-refractivity contribution in [1.82, 2.24) is 4.98 Å². The number of hydrogen-bond donors (Lipinski definition) is 2. The van der Waals surface area contributed by atoms with Crippen LogP contribution in [-0.4, -0.2) is 24.7 Å². The minimum Gasteiger partial charge on any atom is -0.453 e. The molecule has 5 heteroatoms. The lowest BCUT2D eigenvalue weighted by molar-refractivity contribution is 0.187. The van der Waals surface area contributed by atoms with E-state index in [-0.39, 0.29) is 0 Å². The van der Waals surface area contributed by atoms with Gasteiger partial charge in [-0.1, -0.05) is 30.3 Å². The number of anilines is 2. The predicted molar refractivity (Wildman–Crippen MR) is 83.5 cm³/mol. The first-order chi connectivity index (χ1) is 10.3. The number of benzene rings is 1. The molecule has 1 heterocycles. The molecule has 0 radical (unpaired) electrons. The van der Waals surface area contributed by atoms with Crippen LogP contribution >= 0.6 is 0 Å². The normalized spacial score (nSPS) is 9.95. The molecule has 2 aromatic rings. The summed E-state index contributed by atoms with van der Waals surface area (Å²) in [6.45, 7) is 0.875. The molecule has 0 spiro atoms. The van der Waals surface area contributed by atoms with E-state index in [1.54, 1.807) is 12.3 Å². The van der Waals surface area contributed by atoms with Gasteiger partial charge in [0.05, 0.1) is 19.0 Å². The summed E-state index contributed by atoms with van der Waals surface area (Å²) in [6, 6.07) is 14.0. The second kappa shape index (κ2) is 7.89. The fourth-order valence-corrected chi connectivity index (χ4v) is 1.90. The van der Waals surface area contributed by atoms with E-state index in [1.807, 2.05) is 12.1 Å². The van der Waals surface area contributed by atoms with Gasteiger partial charge in [-0.15, -0.1) is 0 Å². The van der Waals surface area contributed by atoms with Gasteiger partial charge in [0.15, 0.2) is 0 Å². The number of carbonyl (C=O) groups is 1. The third-order valence-corrected chi connectivity index (χ3v) is 2.99. The van der Waals surface area contributed by atoms with Crippen LogP contribution < -0.4 is 10.6 Å². The summed E-state index contributed by atoms with van der Waals surface area (Å²) in [5.74, 6) is 0.469. The Balaban J connectivity index is 1.72. The first kappa shape index (κ1) is 14.8. The van der Waals surface area contributed by atoms with Crippen LogP contribution in [0, 0.1) is 0 Å². The van der Waals surface area contributed by atoms with Gasteiger partial charge >= 0.3 is 6.09 Å². The number of methoxy groups -OCH3 is 1. The zero-order valence-corrected chi connectivity index (χ0v) is 12.0. The van der Waals surface area contributed by atoms with E-state index in [0.717, 1.165) is 25.1 Å². The lowest BCUT2D eigenvalue weighted by atomic mass is 10.1. The number of hydrogen-bond acceptors (Lipinski definition) is 4. The zero-order chi connectivity index (χ0) is 14.9. The molecule has 5 nitrogen and oxygen atoms in total. The number of pyridine rings is 1. The Morgan fingerprint density at radius 1 is 1.19 bits per heavy atom. The summed E-state index contributed by atoms with van der Waals surface area (Å²) in [5.41, 5.74) is 2.27. The highest BCUT2D eigenvalue weighted by molar-refractivity contribution is 5.83. The van der Waals surface area contributed by atoms with Gasteiger partial charge in [0.25, 0.3) is 0 Å². The van der Waals surface area contributed by atoms with Crippen molar-refractivity contribution in [2.24, 2.45) is 0 Å². The molecular formula is C16H19N3O2. The monoisotopic (exact) mass is 285 g/mol. The third kappa shape index (κ3) is 5.14. The van der Waals surface area contributed by atoms with Crippen LogP contribution in [0.4, 0.5) is 16.3 Å². The number of ether oxygens (including phenoxy) is 1. The summed E-state index contributed by atoms with van der Waals surface area (Å²) >= 11 is 0. The van der Waals surface area contributed by atoms with E-state index in [2.05, 4.69) is 44.6 Å². The Morgan fingerprint density at radius 2 is 2.00 bits per heavy atom. The van der Waals surface area contributed by atoms with Crippen LogP contribution in [0.1, 0.15) is 12.0 Å². The fourth-order valence-electron chi connectivity index (χ4n) is 1.90. The largest absolute Gasteiger partial charge is 0.453 e. The molecule has 0 unspecified atom stereocenters. The molecule has 2 N–H and O–H groups in total. The first-order valence-corrected chi connectivity index (χ1v) is 6.87. The summed E-state index contributed by atoms with van der Waals surface area (Å²) in [4.78, 5) is 15.2. The van der Waals surface area contributed by atoms with Crippen molar-refractivity contribution in [2.45, 2.75) is 12.8 Å². The third-order valence-electron chi connectivity index (χ3n) is 2.99. The fraction of sp³-hybridized carbons (Fsp3) is 0.250. The standard InChI is InChI=1S/C16H19N3O2/c1-21-16(20)19-15-10-9-14(12-18-15)17-11-5-8-13-6-3-2-4-7-13/h2-4,6-7,9-10,12,17H,5,8,11H2,1H3,(H,18,19,20). The molecule has 0 atom stereocenters. The first-order valence-electron chi connectivity index (χ1n) is 6.87. The molecule has 110 valence electrons. The van der Waals surface area contributed by atoms with E-state index in [0.29, 0.717) is 5.82 Å². The lowest BCUT2D eigenvalue weighted by Gasteiger charge is -2.07. The molecule has 2 rings (SSSR count). The molecule has 0 aliphatic rings. The number of carbonyl (C=O) groups excluding carboxylic acids is 1. The van der Waals surface area contributed by atoms with Crippen molar-refractivity contribution in [1.29, 1.82) is 0 Å². The number of amides is 1. The highest BCUT2D eigenvalue weighted by atomic mass is 16.5. The predicted octanol–water partition coefficient (Wildman–Crippen LogP) is 3.30. The summed E-state index contributed by atoms with van der Waals surface area (Å²) < 4.78 is 4.50. The lowest BCUT2D eigenvalue weighted by Crippen LogP contribution is -2.12. The maximum Gasteiger partial charge on any atom is 0.412 e. The van der Waals surface area contributed by atoms with Crippen molar-refractivity contribution in [3.05, 3.63) is 54.2 Å². The average Bonchev–Trinajstić information content (AvgIpc) is 2.54. The van der Waals surface area contributed by atoms with Gasteiger partial charge in [-0.2, -0.15) is 0 Å². The van der Waals surface area contributed by atoms with Crippen LogP contribution in [0.5, 0.6) is 0 Å². The Bertz CT molecular complexity index is 555. The smallest absolute Gasteiger partial charge is 0.412 e. The van der Waals surface area contributed by atoms with Crippen LogP contribution in [0.3, 0.4) is 0 Å². The number of nitrogens with one attached hydrogen (secondary N) is 2. The van der Waals surface area contributed by atoms with E-state index in [9.17, 15) is 4.79 Å². The highest BCUT2D eigenvalue weighted by Crippen LogP contribution is 2.10. The molecule has 0 bridgehead atoms. The maximum atomic E-state index is 11.0. The van der Waals surface area contributed by atoms with Gasteiger partial charge in [-0.05, 0) is 30.5 Å². The van der Waals surface area contributed by atoms with Gasteiger partial charge < -0.3 is 10.1 Å². The van der Waals surface area contributed by atoms with Gasteiger partial charge in [0, 0.05) is 6.54 Å². The molecule has 21 heavy (non-hydrogen) atoms. The minimum atomic E-state index is -0.522. The summed E-state index contributed by atoms with van der Waals surface area (Å²) in [6.07, 6.45) is 3.26. The number of aromatic nitrogens is 1. The van der Waals surface area contributed by atoms with E-state index < -0.39 is 6.09 Å². The van der Waals surface area contributed by atoms with Gasteiger partial charge in [0.2, 0.25) is 0 Å². The minimum absolute atomic E-state index is 0.469. The molecule has 0 saturated heterocycles. The second-order valence-electron chi connectivity index (χ2n) is 4.56. The van der Waals surface area contributed by atoms with Crippen molar-refractivity contribution in [3.63, 3.8) is 0 Å². The SMILES string of the molecule is COC(=O)Nc1ccc(NCCCc2ccccc2)cn1. The van der Waals surface area contributed by atoms with Gasteiger partial charge in [-0.3, -0.25) is 5.32 Å². The topological polar surface area (TPSA) is 63.2 Å². The molecular weight excluding hydrogens is 266 g/mol. The van der Waals surface area contributed by atoms with Crippen molar-refractivity contribution in [3.8, 4) is 0 Å². The van der Waals surface area contributed by atoms with Crippen LogP contribution in [0.2, 0.25) is 0 Å². The molecule has 1 amide bonds. The molecule has 1 aromatic heterocycles. The molecule has 0 aliphatic carbocycles. The maximum absolute atomic E-state index is 11.0. The van der Waals surface area contributed by atoms with Crippen molar-refractivity contribution in [2.75, 3.05) is 24.3 Å². The number of nitrogens with zero attached hydrogens (tertiary/aromatic N) is 1. The Labute approximate surface area is 124 Å². The quantitative estimate of drug-likeness (QED) is 0.799. The second-order valence-corrected chi connectivity index (χ2v) is 4.56. The van der Waals surface area contributed by atoms with Crippen molar-refractivity contribution < 1.29 is 9.53 Å². The van der Waals surface area contributed by atoms with Crippen molar-refractivity contribution >= 4 is 17.6 Å². The van der Waals surface area contributed by atoms with Gasteiger partial charge in [0.1, 0.15) is 5.82 Å². The molecule has 0 saturated carbocycles. The molecule has 0 fully saturated rings. The molecule has 0 aliphatic heterocycles. The zero-order valence-electron chi connectivity index (χ0n) is 12.0. The number of rotatable bonds is 6. The Morgan fingerprint density at radius 3 is 2.67 bits per heavy atom. The number of aryl methyl sites for hydroxylation is 1. The Hall–Kier alpha value is -2.56. The van der Waals surface area contributed by atoms with Crippen LogP contribution in [0.25, 0.3) is 0 Å². The highest BCUT2D eigenvalue weighted by Gasteiger charge is 2.01. The Kier molecular flexibility index (Phi) is 5.58. The summed E-state index contributed by atoms with van der Waals surface area (Å²) in [7, 11) is 1.32. The van der Waals surface area contributed by atoms with Crippen LogP contribution in [-0.2, 0) is 11.2 Å². The van der Waals surface area contributed by atoms with Gasteiger partial charge in [-0.25, -0.2) is 9.78 Å². The van der Waals surface area contributed by atoms with Crippen LogP contribution in [0.15, 0.2) is 48.7 Å². The van der Waals surface area contributed by atoms with E-state index in [4.69, 9.17) is 0 Å². The van der Waals surface area contributed by atoms with E-state index in [1.165, 1.54) is 12.7 Å². The van der Waals surface area contributed by atoms with E-state index >= 15 is 0 Å². The average molecular weight is 285 g/mol.